The predicted octanol–water partition coefficient (Wildman–Crippen LogP) is 2.85. The number of sulfonamides is 2. The third-order valence-corrected chi connectivity index (χ3v) is 10.2. The van der Waals surface area contributed by atoms with Gasteiger partial charge in [-0.25, -0.2) is 16.8 Å². The van der Waals surface area contributed by atoms with E-state index < -0.39 is 20.0 Å². The Labute approximate surface area is 217 Å². The number of halogens is 1. The molecule has 0 spiro atoms. The number of benzene rings is 2. The zero-order valence-electron chi connectivity index (χ0n) is 20.7. The highest BCUT2D eigenvalue weighted by atomic mass is 35.5. The number of piperazine rings is 1. The van der Waals surface area contributed by atoms with E-state index in [2.05, 4.69) is 5.32 Å². The van der Waals surface area contributed by atoms with Gasteiger partial charge in [-0.05, 0) is 36.4 Å². The van der Waals surface area contributed by atoms with Crippen molar-refractivity contribution in [1.82, 2.24) is 8.61 Å². The summed E-state index contributed by atoms with van der Waals surface area (Å²) in [5.74, 6) is 0.193. The van der Waals surface area contributed by atoms with Crippen molar-refractivity contribution in [1.29, 1.82) is 0 Å². The second-order valence-corrected chi connectivity index (χ2v) is 12.4. The molecule has 2 aromatic rings. The number of hydrogen-bond donors (Lipinski definition) is 1. The van der Waals surface area contributed by atoms with Crippen LogP contribution in [0.2, 0.25) is 5.02 Å². The molecule has 10 nitrogen and oxygen atoms in total. The van der Waals surface area contributed by atoms with E-state index in [1.165, 1.54) is 46.9 Å². The van der Waals surface area contributed by atoms with E-state index in [9.17, 15) is 21.6 Å². The maximum Gasteiger partial charge on any atom is 0.243 e. The predicted molar refractivity (Wildman–Crippen MR) is 140 cm³/mol. The van der Waals surface area contributed by atoms with Crippen molar-refractivity contribution in [2.24, 2.45) is 0 Å². The quantitative estimate of drug-likeness (QED) is 0.503. The van der Waals surface area contributed by atoms with E-state index in [1.807, 2.05) is 4.90 Å². The Balaban J connectivity index is 1.82. The zero-order valence-corrected chi connectivity index (χ0v) is 23.1. The van der Waals surface area contributed by atoms with E-state index in [0.29, 0.717) is 43.3 Å². The van der Waals surface area contributed by atoms with Crippen LogP contribution in [-0.4, -0.2) is 77.7 Å². The fourth-order valence-electron chi connectivity index (χ4n) is 4.06. The number of ether oxygens (including phenoxy) is 1. The highest BCUT2D eigenvalue weighted by Gasteiger charge is 2.31. The number of hydrogen-bond acceptors (Lipinski definition) is 7. The van der Waals surface area contributed by atoms with Crippen LogP contribution in [0.4, 0.5) is 11.4 Å². The molecule has 0 atom stereocenters. The summed E-state index contributed by atoms with van der Waals surface area (Å²) in [6.45, 7) is 6.65. The van der Waals surface area contributed by atoms with Crippen LogP contribution in [0.5, 0.6) is 5.75 Å². The fourth-order valence-corrected chi connectivity index (χ4v) is 7.28. The van der Waals surface area contributed by atoms with E-state index in [0.717, 1.165) is 0 Å². The Morgan fingerprint density at radius 2 is 1.61 bits per heavy atom. The van der Waals surface area contributed by atoms with Gasteiger partial charge in [-0.1, -0.05) is 25.4 Å². The number of carbonyl (C=O) groups excluding carboxylic acids is 1. The van der Waals surface area contributed by atoms with E-state index in [-0.39, 0.29) is 33.8 Å². The first-order valence-electron chi connectivity index (χ1n) is 11.5. The summed E-state index contributed by atoms with van der Waals surface area (Å²) in [7, 11) is -5.98. The van der Waals surface area contributed by atoms with Gasteiger partial charge in [0.25, 0.3) is 0 Å². The first kappa shape index (κ1) is 28.2. The molecule has 1 amide bonds. The molecule has 1 N–H and O–H groups in total. The summed E-state index contributed by atoms with van der Waals surface area (Å²) in [6.07, 6.45) is 0. The molecule has 0 aliphatic carbocycles. The first-order valence-corrected chi connectivity index (χ1v) is 14.7. The molecular formula is C23H31ClN4O6S2. The van der Waals surface area contributed by atoms with Gasteiger partial charge in [-0.3, -0.25) is 4.79 Å². The van der Waals surface area contributed by atoms with Crippen LogP contribution in [0, 0.1) is 0 Å². The Bertz CT molecular complexity index is 1320. The standard InChI is InChI=1S/C23H31ClN4O6S2/c1-5-27(6-2)35(30,31)19-8-10-23(34-4)22(16-19)26-11-13-28(14-12-26)36(32,33)18-7-9-21(20(24)15-18)25-17(3)29/h7-10,15-16H,5-6,11-14H2,1-4H3,(H,25,29). The molecule has 1 saturated heterocycles. The van der Waals surface area contributed by atoms with Gasteiger partial charge in [0, 0.05) is 46.2 Å². The Morgan fingerprint density at radius 3 is 2.14 bits per heavy atom. The lowest BCUT2D eigenvalue weighted by Gasteiger charge is -2.36. The molecule has 0 saturated carbocycles. The van der Waals surface area contributed by atoms with Gasteiger partial charge in [-0.2, -0.15) is 8.61 Å². The minimum Gasteiger partial charge on any atom is -0.495 e. The zero-order chi connectivity index (χ0) is 26.7. The van der Waals surface area contributed by atoms with Gasteiger partial charge in [0.05, 0.1) is 33.3 Å². The lowest BCUT2D eigenvalue weighted by molar-refractivity contribution is -0.114. The summed E-state index contributed by atoms with van der Waals surface area (Å²) in [4.78, 5) is 13.4. The maximum atomic E-state index is 13.2. The number of carbonyl (C=O) groups is 1. The molecule has 0 unspecified atom stereocenters. The van der Waals surface area contributed by atoms with Gasteiger partial charge in [0.15, 0.2) is 0 Å². The molecule has 0 aromatic heterocycles. The summed E-state index contributed by atoms with van der Waals surface area (Å²) >= 11 is 6.18. The molecule has 3 rings (SSSR count). The van der Waals surface area contributed by atoms with E-state index in [1.54, 1.807) is 26.0 Å². The highest BCUT2D eigenvalue weighted by Crippen LogP contribution is 2.34. The maximum absolute atomic E-state index is 13.2. The average Bonchev–Trinajstić information content (AvgIpc) is 2.85. The Morgan fingerprint density at radius 1 is 1.00 bits per heavy atom. The smallest absolute Gasteiger partial charge is 0.243 e. The number of anilines is 2. The highest BCUT2D eigenvalue weighted by molar-refractivity contribution is 7.89. The molecule has 1 heterocycles. The molecule has 0 bridgehead atoms. The number of nitrogens with zero attached hydrogens (tertiary/aromatic N) is 3. The number of amides is 1. The van der Waals surface area contributed by atoms with Crippen molar-refractivity contribution in [2.75, 3.05) is 56.6 Å². The lowest BCUT2D eigenvalue weighted by atomic mass is 10.2. The van der Waals surface area contributed by atoms with Gasteiger partial charge < -0.3 is 15.0 Å². The lowest BCUT2D eigenvalue weighted by Crippen LogP contribution is -2.48. The summed E-state index contributed by atoms with van der Waals surface area (Å²) < 4.78 is 60.7. The minimum atomic E-state index is -3.82. The van der Waals surface area contributed by atoms with Crippen LogP contribution < -0.4 is 15.0 Å². The first-order chi connectivity index (χ1) is 16.9. The Kier molecular flexibility index (Phi) is 8.88. The average molecular weight is 559 g/mol. The molecule has 0 radical (unpaired) electrons. The number of rotatable bonds is 9. The molecule has 2 aromatic carbocycles. The van der Waals surface area contributed by atoms with Crippen molar-refractivity contribution >= 4 is 48.9 Å². The second-order valence-electron chi connectivity index (χ2n) is 8.14. The van der Waals surface area contributed by atoms with Crippen LogP contribution in [0.15, 0.2) is 46.2 Å². The van der Waals surface area contributed by atoms with Crippen molar-refractivity contribution in [3.05, 3.63) is 41.4 Å². The topological polar surface area (TPSA) is 116 Å². The molecular weight excluding hydrogens is 528 g/mol. The normalized spacial score (nSPS) is 15.2. The van der Waals surface area contributed by atoms with E-state index in [4.69, 9.17) is 16.3 Å². The fraction of sp³-hybridized carbons (Fsp3) is 0.435. The van der Waals surface area contributed by atoms with Crippen LogP contribution in [0.3, 0.4) is 0 Å². The SMILES string of the molecule is CCN(CC)S(=O)(=O)c1ccc(OC)c(N2CCN(S(=O)(=O)c3ccc(NC(C)=O)c(Cl)c3)CC2)c1. The third kappa shape index (κ3) is 5.78. The monoisotopic (exact) mass is 558 g/mol. The van der Waals surface area contributed by atoms with Crippen molar-refractivity contribution in [3.63, 3.8) is 0 Å². The van der Waals surface area contributed by atoms with Gasteiger partial charge in [-0.15, -0.1) is 0 Å². The molecule has 1 aliphatic rings. The third-order valence-electron chi connectivity index (χ3n) is 5.96. The van der Waals surface area contributed by atoms with Crippen LogP contribution in [-0.2, 0) is 24.8 Å². The number of methoxy groups -OCH3 is 1. The van der Waals surface area contributed by atoms with Gasteiger partial charge in [0.2, 0.25) is 26.0 Å². The summed E-state index contributed by atoms with van der Waals surface area (Å²) in [5, 5.41) is 2.68. The van der Waals surface area contributed by atoms with Crippen LogP contribution in [0.1, 0.15) is 20.8 Å². The molecule has 36 heavy (non-hydrogen) atoms. The van der Waals surface area contributed by atoms with Crippen LogP contribution in [0.25, 0.3) is 0 Å². The van der Waals surface area contributed by atoms with Crippen molar-refractivity contribution in [2.45, 2.75) is 30.6 Å². The van der Waals surface area contributed by atoms with Gasteiger partial charge in [0.1, 0.15) is 5.75 Å². The molecule has 1 fully saturated rings. The van der Waals surface area contributed by atoms with Gasteiger partial charge >= 0.3 is 0 Å². The Hall–Kier alpha value is -2.38. The number of nitrogens with one attached hydrogen (secondary N) is 1. The summed E-state index contributed by atoms with van der Waals surface area (Å²) in [5.41, 5.74) is 0.921. The molecule has 13 heteroatoms. The van der Waals surface area contributed by atoms with Crippen LogP contribution >= 0.6 is 11.6 Å². The van der Waals surface area contributed by atoms with Crippen molar-refractivity contribution < 1.29 is 26.4 Å². The minimum absolute atomic E-state index is 0.0277. The summed E-state index contributed by atoms with van der Waals surface area (Å²) in [6, 6.07) is 8.90. The molecule has 1 aliphatic heterocycles. The van der Waals surface area contributed by atoms with Crippen molar-refractivity contribution in [3.8, 4) is 5.75 Å². The van der Waals surface area contributed by atoms with E-state index >= 15 is 0 Å². The second kappa shape index (κ2) is 11.3. The molecule has 198 valence electrons. The largest absolute Gasteiger partial charge is 0.495 e.